The van der Waals surface area contributed by atoms with Gasteiger partial charge in [-0.3, -0.25) is 4.79 Å². The normalized spacial score (nSPS) is 25.4. The van der Waals surface area contributed by atoms with Crippen molar-refractivity contribution >= 4 is 11.6 Å². The number of aryl methyl sites for hydroxylation is 1. The largest absolute Gasteiger partial charge is 0.416 e. The number of alkyl halides is 3. The zero-order chi connectivity index (χ0) is 33.6. The maximum atomic E-state index is 14.5. The average molecular weight is 651 g/mol. The van der Waals surface area contributed by atoms with E-state index in [2.05, 4.69) is 34.3 Å². The topological polar surface area (TPSA) is 95.8 Å². The average Bonchev–Trinajstić information content (AvgIpc) is 3.73. The van der Waals surface area contributed by atoms with Crippen molar-refractivity contribution in [3.63, 3.8) is 0 Å². The van der Waals surface area contributed by atoms with Crippen LogP contribution in [0.1, 0.15) is 73.0 Å². The summed E-state index contributed by atoms with van der Waals surface area (Å²) in [5, 5.41) is 23.4. The van der Waals surface area contributed by atoms with Crippen LogP contribution in [-0.2, 0) is 41.3 Å². The van der Waals surface area contributed by atoms with Crippen LogP contribution in [0, 0.1) is 23.2 Å². The van der Waals surface area contributed by atoms with Crippen LogP contribution in [0.2, 0.25) is 0 Å². The number of anilines is 1. The highest BCUT2D eigenvalue weighted by molar-refractivity contribution is 5.93. The lowest BCUT2D eigenvalue weighted by Crippen LogP contribution is -2.43. The predicted molar refractivity (Wildman–Crippen MR) is 170 cm³/mol. The van der Waals surface area contributed by atoms with E-state index in [-0.39, 0.29) is 41.0 Å². The summed E-state index contributed by atoms with van der Waals surface area (Å²) in [6, 6.07) is 10.6. The molecule has 1 unspecified atom stereocenters. The van der Waals surface area contributed by atoms with Crippen molar-refractivity contribution in [2.24, 2.45) is 18.4 Å². The number of nitrogens with one attached hydrogen (secondary N) is 1. The van der Waals surface area contributed by atoms with Gasteiger partial charge in [0, 0.05) is 63.5 Å². The summed E-state index contributed by atoms with van der Waals surface area (Å²) in [6.45, 7) is 5.71. The molecule has 0 radical (unpaired) electrons. The monoisotopic (exact) mass is 650 g/mol. The summed E-state index contributed by atoms with van der Waals surface area (Å²) in [4.78, 5) is 15.7. The fourth-order valence-corrected chi connectivity index (χ4v) is 7.94. The van der Waals surface area contributed by atoms with Crippen LogP contribution in [0.25, 0.3) is 0 Å². The summed E-state index contributed by atoms with van der Waals surface area (Å²) in [5.74, 6) is 6.32. The van der Waals surface area contributed by atoms with Gasteiger partial charge in [-0.15, -0.1) is 10.2 Å². The molecule has 1 amide bonds. The first kappa shape index (κ1) is 33.0. The highest BCUT2D eigenvalue weighted by atomic mass is 19.4. The molecule has 3 aromatic rings. The Labute approximate surface area is 273 Å². The van der Waals surface area contributed by atoms with Gasteiger partial charge in [0.2, 0.25) is 0 Å². The van der Waals surface area contributed by atoms with E-state index in [1.165, 1.54) is 6.07 Å². The van der Waals surface area contributed by atoms with Gasteiger partial charge in [-0.05, 0) is 79.0 Å². The van der Waals surface area contributed by atoms with Crippen LogP contribution >= 0.6 is 0 Å². The van der Waals surface area contributed by atoms with E-state index in [9.17, 15) is 23.1 Å². The smallest absolute Gasteiger partial charge is 0.384 e. The van der Waals surface area contributed by atoms with Gasteiger partial charge in [0.15, 0.2) is 6.23 Å². The third-order valence-electron chi connectivity index (χ3n) is 10.1. The molecule has 2 N–H and O–H groups in total. The minimum Gasteiger partial charge on any atom is -0.384 e. The minimum absolute atomic E-state index is 0.0721. The van der Waals surface area contributed by atoms with Crippen LogP contribution in [-0.4, -0.2) is 64.0 Å². The zero-order valence-corrected chi connectivity index (χ0v) is 27.2. The number of hydrogen-bond donors (Lipinski definition) is 2. The number of amides is 1. The van der Waals surface area contributed by atoms with E-state index in [0.29, 0.717) is 49.8 Å². The molecule has 0 bridgehead atoms. The molecule has 0 spiro atoms. The molecule has 47 heavy (non-hydrogen) atoms. The van der Waals surface area contributed by atoms with Crippen LogP contribution in [0.5, 0.6) is 0 Å². The van der Waals surface area contributed by atoms with E-state index >= 15 is 0 Å². The molecule has 1 saturated heterocycles. The lowest BCUT2D eigenvalue weighted by molar-refractivity contribution is -0.138. The van der Waals surface area contributed by atoms with Crippen molar-refractivity contribution in [2.45, 2.75) is 64.0 Å². The molecule has 2 aliphatic heterocycles. The summed E-state index contributed by atoms with van der Waals surface area (Å²) < 4.78 is 50.9. The van der Waals surface area contributed by atoms with Crippen LogP contribution in [0.4, 0.5) is 18.9 Å². The number of aliphatic hydroxyl groups excluding tert-OH is 1. The van der Waals surface area contributed by atoms with Gasteiger partial charge < -0.3 is 29.5 Å². The number of ether oxygens (including phenoxy) is 1. The number of carbonyl (C=O) groups excluding carboxylic acids is 1. The number of likely N-dealkylation sites (tertiary alicyclic amines) is 1. The maximum absolute atomic E-state index is 14.5. The molecule has 1 aliphatic carbocycles. The number of fused-ring (bicyclic) bond motifs is 1. The SMILES string of the molecule is CC#CC(=O)N1CC[C@](CNCc2cc3c(c(C(F)(F)F)c2)CN(c2cccc(C4(c5nncn5C)CC(C)C4)c2)C3O)(COC)C1. The molecular weight excluding hydrogens is 609 g/mol. The second-order valence-corrected chi connectivity index (χ2v) is 13.5. The van der Waals surface area contributed by atoms with Crippen molar-refractivity contribution in [2.75, 3.05) is 38.3 Å². The molecule has 1 saturated carbocycles. The fraction of sp³-hybridized carbons (Fsp3) is 0.514. The number of nitrogens with zero attached hydrogens (tertiary/aromatic N) is 5. The first-order valence-electron chi connectivity index (χ1n) is 15.9. The quantitative estimate of drug-likeness (QED) is 0.329. The Morgan fingerprint density at radius 1 is 1.23 bits per heavy atom. The highest BCUT2D eigenvalue weighted by Gasteiger charge is 2.48. The lowest BCUT2D eigenvalue weighted by Gasteiger charge is -2.46. The Hall–Kier alpha value is -3.92. The fourth-order valence-electron chi connectivity index (χ4n) is 7.94. The van der Waals surface area contributed by atoms with Crippen LogP contribution < -0.4 is 10.2 Å². The Bertz CT molecular complexity index is 1710. The number of rotatable bonds is 9. The molecule has 3 aliphatic rings. The van der Waals surface area contributed by atoms with Gasteiger partial charge in [0.1, 0.15) is 12.2 Å². The molecule has 2 atom stereocenters. The first-order valence-corrected chi connectivity index (χ1v) is 15.9. The summed E-state index contributed by atoms with van der Waals surface area (Å²) in [7, 11) is 3.51. The third-order valence-corrected chi connectivity index (χ3v) is 10.1. The van der Waals surface area contributed by atoms with Crippen LogP contribution in [0.15, 0.2) is 42.7 Å². The molecular formula is C35H41F3N6O3. The third kappa shape index (κ3) is 6.12. The van der Waals surface area contributed by atoms with Gasteiger partial charge >= 0.3 is 6.18 Å². The molecule has 12 heteroatoms. The Morgan fingerprint density at radius 3 is 2.68 bits per heavy atom. The predicted octanol–water partition coefficient (Wildman–Crippen LogP) is 4.54. The van der Waals surface area contributed by atoms with Gasteiger partial charge in [-0.2, -0.15) is 13.2 Å². The minimum atomic E-state index is -4.60. The number of halogens is 3. The zero-order valence-electron chi connectivity index (χ0n) is 27.2. The molecule has 2 aromatic carbocycles. The summed E-state index contributed by atoms with van der Waals surface area (Å²) in [5.41, 5.74) is 0.942. The molecule has 9 nitrogen and oxygen atoms in total. The maximum Gasteiger partial charge on any atom is 0.416 e. The van der Waals surface area contributed by atoms with Crippen molar-refractivity contribution < 1.29 is 27.8 Å². The molecule has 1 aromatic heterocycles. The Balaban J connectivity index is 1.24. The molecule has 250 valence electrons. The number of hydrogen-bond acceptors (Lipinski definition) is 7. The van der Waals surface area contributed by atoms with Crippen molar-refractivity contribution in [3.8, 4) is 11.8 Å². The lowest BCUT2D eigenvalue weighted by atomic mass is 9.58. The second-order valence-electron chi connectivity index (χ2n) is 13.5. The second kappa shape index (κ2) is 12.6. The van der Waals surface area contributed by atoms with Crippen LogP contribution in [0.3, 0.4) is 0 Å². The van der Waals surface area contributed by atoms with E-state index in [4.69, 9.17) is 4.74 Å². The van der Waals surface area contributed by atoms with Gasteiger partial charge in [0.05, 0.1) is 17.6 Å². The van der Waals surface area contributed by atoms with Crippen molar-refractivity contribution in [1.82, 2.24) is 25.0 Å². The number of aromatic nitrogens is 3. The number of carbonyl (C=O) groups is 1. The molecule has 2 fully saturated rings. The standard InChI is InChI=1S/C35H41F3N6O3/c1-5-7-30(45)43-11-10-33(20-43,21-47-4)19-39-17-24-12-27-28(29(13-24)35(36,37)38)18-44(31(27)46)26-9-6-8-25(14-26)34(15-23(2)16-34)32-41-40-22-42(32)3/h6,8-9,12-14,22-23,31,39,46H,10-11,15-21H2,1-4H3/t23?,31?,33-,34?/m1/s1. The van der Waals surface area contributed by atoms with Crippen molar-refractivity contribution in [1.29, 1.82) is 0 Å². The van der Waals surface area contributed by atoms with E-state index in [1.54, 1.807) is 36.2 Å². The summed E-state index contributed by atoms with van der Waals surface area (Å²) >= 11 is 0. The summed E-state index contributed by atoms with van der Waals surface area (Å²) in [6.07, 6.45) is -1.72. The molecule has 3 heterocycles. The Morgan fingerprint density at radius 2 is 2.02 bits per heavy atom. The number of benzene rings is 2. The number of aliphatic hydroxyl groups is 1. The van der Waals surface area contributed by atoms with Gasteiger partial charge in [-0.1, -0.05) is 25.0 Å². The molecule has 6 rings (SSSR count). The van der Waals surface area contributed by atoms with E-state index in [1.807, 2.05) is 35.9 Å². The van der Waals surface area contributed by atoms with Gasteiger partial charge in [0.25, 0.3) is 5.91 Å². The highest BCUT2D eigenvalue weighted by Crippen LogP contribution is 2.52. The van der Waals surface area contributed by atoms with E-state index < -0.39 is 18.0 Å². The Kier molecular flexibility index (Phi) is 8.84. The number of methoxy groups -OCH3 is 1. The first-order chi connectivity index (χ1) is 22.4. The van der Waals surface area contributed by atoms with Crippen molar-refractivity contribution in [3.05, 3.63) is 76.4 Å². The van der Waals surface area contributed by atoms with E-state index in [0.717, 1.165) is 24.2 Å². The van der Waals surface area contributed by atoms with Gasteiger partial charge in [-0.25, -0.2) is 0 Å².